The molecule has 9 nitrogen and oxygen atoms in total. The van der Waals surface area contributed by atoms with Crippen molar-refractivity contribution in [3.63, 3.8) is 0 Å². The molecule has 0 radical (unpaired) electrons. The topological polar surface area (TPSA) is 124 Å². The van der Waals surface area contributed by atoms with Crippen LogP contribution in [0.15, 0.2) is 48.5 Å². The molecule has 33 heavy (non-hydrogen) atoms. The van der Waals surface area contributed by atoms with Crippen LogP contribution < -0.4 is 16.4 Å². The second-order valence-corrected chi connectivity index (χ2v) is 8.48. The number of piperidine rings is 1. The molecule has 3 aromatic rings. The molecule has 4 rings (SSSR count). The molecule has 4 amide bonds. The summed E-state index contributed by atoms with van der Waals surface area (Å²) >= 11 is 0. The Morgan fingerprint density at radius 3 is 2.55 bits per heavy atom. The number of carbonyl (C=O) groups is 3. The predicted molar refractivity (Wildman–Crippen MR) is 129 cm³/mol. The number of carbonyl (C=O) groups excluding carboxylic acids is 3. The van der Waals surface area contributed by atoms with Gasteiger partial charge in [0.2, 0.25) is 5.91 Å². The molecule has 1 saturated heterocycles. The SMILES string of the molecule is CN(C)C1CCCN(C(=O)c2cc3c(NC(=O)Nc4ccc(C(N)=O)cc4)cccc3[nH]2)C1. The number of hydrogen-bond donors (Lipinski definition) is 4. The number of likely N-dealkylation sites (tertiary alicyclic amines) is 1. The quantitative estimate of drug-likeness (QED) is 0.479. The Morgan fingerprint density at radius 2 is 1.85 bits per heavy atom. The number of rotatable bonds is 5. The van der Waals surface area contributed by atoms with Gasteiger partial charge in [0.15, 0.2) is 0 Å². The Bertz CT molecular complexity index is 1180. The van der Waals surface area contributed by atoms with Gasteiger partial charge in [-0.2, -0.15) is 0 Å². The Hall–Kier alpha value is -3.85. The van der Waals surface area contributed by atoms with Crippen LogP contribution in [0.5, 0.6) is 0 Å². The van der Waals surface area contributed by atoms with Gasteiger partial charge in [-0.3, -0.25) is 9.59 Å². The lowest BCUT2D eigenvalue weighted by molar-refractivity contribution is 0.0630. The monoisotopic (exact) mass is 448 g/mol. The fourth-order valence-electron chi connectivity index (χ4n) is 4.11. The maximum atomic E-state index is 13.1. The molecule has 5 N–H and O–H groups in total. The van der Waals surface area contributed by atoms with Crippen molar-refractivity contribution >= 4 is 40.1 Å². The summed E-state index contributed by atoms with van der Waals surface area (Å²) in [7, 11) is 4.08. The molecular formula is C24H28N6O3. The first-order valence-corrected chi connectivity index (χ1v) is 10.9. The Labute approximate surface area is 191 Å². The van der Waals surface area contributed by atoms with Gasteiger partial charge in [-0.1, -0.05) is 6.07 Å². The summed E-state index contributed by atoms with van der Waals surface area (Å²) in [6.45, 7) is 1.43. The van der Waals surface area contributed by atoms with Crippen molar-refractivity contribution < 1.29 is 14.4 Å². The summed E-state index contributed by atoms with van der Waals surface area (Å²) in [5, 5.41) is 6.31. The van der Waals surface area contributed by atoms with Crippen LogP contribution in [0.2, 0.25) is 0 Å². The third-order valence-corrected chi connectivity index (χ3v) is 5.98. The zero-order valence-corrected chi connectivity index (χ0v) is 18.7. The van der Waals surface area contributed by atoms with Crippen LogP contribution in [0.25, 0.3) is 10.9 Å². The van der Waals surface area contributed by atoms with Gasteiger partial charge in [0, 0.05) is 41.3 Å². The third-order valence-electron chi connectivity index (χ3n) is 5.98. The minimum atomic E-state index is -0.530. The summed E-state index contributed by atoms with van der Waals surface area (Å²) in [5.41, 5.74) is 7.98. The van der Waals surface area contributed by atoms with Crippen molar-refractivity contribution in [2.24, 2.45) is 5.73 Å². The summed E-state index contributed by atoms with van der Waals surface area (Å²) in [4.78, 5) is 44.1. The lowest BCUT2D eigenvalue weighted by atomic mass is 10.0. The second kappa shape index (κ2) is 9.33. The molecule has 172 valence electrons. The van der Waals surface area contributed by atoms with Crippen LogP contribution in [0, 0.1) is 0 Å². The zero-order chi connectivity index (χ0) is 23.5. The lowest BCUT2D eigenvalue weighted by Gasteiger charge is -2.35. The van der Waals surface area contributed by atoms with E-state index in [1.54, 1.807) is 36.4 Å². The van der Waals surface area contributed by atoms with E-state index in [1.165, 1.54) is 0 Å². The van der Waals surface area contributed by atoms with Crippen LogP contribution in [-0.4, -0.2) is 65.9 Å². The maximum Gasteiger partial charge on any atom is 0.323 e. The molecule has 0 saturated carbocycles. The van der Waals surface area contributed by atoms with Crippen LogP contribution in [0.4, 0.5) is 16.2 Å². The van der Waals surface area contributed by atoms with E-state index in [0.29, 0.717) is 35.2 Å². The number of nitrogens with two attached hydrogens (primary N) is 1. The molecule has 1 aliphatic rings. The number of H-pyrrole nitrogens is 1. The number of aromatic nitrogens is 1. The second-order valence-electron chi connectivity index (χ2n) is 8.48. The van der Waals surface area contributed by atoms with E-state index in [1.807, 2.05) is 31.1 Å². The molecule has 1 unspecified atom stereocenters. The molecule has 1 aliphatic heterocycles. The van der Waals surface area contributed by atoms with Crippen molar-refractivity contribution in [3.05, 3.63) is 59.8 Å². The van der Waals surface area contributed by atoms with E-state index in [9.17, 15) is 14.4 Å². The fraction of sp³-hybridized carbons (Fsp3) is 0.292. The number of hydrogen-bond acceptors (Lipinski definition) is 4. The lowest BCUT2D eigenvalue weighted by Crippen LogP contribution is -2.47. The van der Waals surface area contributed by atoms with E-state index < -0.39 is 11.9 Å². The van der Waals surface area contributed by atoms with Gasteiger partial charge < -0.3 is 31.2 Å². The summed E-state index contributed by atoms with van der Waals surface area (Å²) in [6, 6.07) is 13.5. The van der Waals surface area contributed by atoms with Gasteiger partial charge in [-0.25, -0.2) is 4.79 Å². The van der Waals surface area contributed by atoms with Gasteiger partial charge in [0.1, 0.15) is 5.69 Å². The Kier molecular flexibility index (Phi) is 6.32. The minimum Gasteiger partial charge on any atom is -0.366 e. The highest BCUT2D eigenvalue weighted by Gasteiger charge is 2.26. The van der Waals surface area contributed by atoms with Crippen LogP contribution in [0.1, 0.15) is 33.7 Å². The number of likely N-dealkylation sites (N-methyl/N-ethyl adjacent to an activating group) is 1. The normalized spacial score (nSPS) is 16.1. The average Bonchev–Trinajstić information content (AvgIpc) is 3.24. The minimum absolute atomic E-state index is 0.0392. The van der Waals surface area contributed by atoms with Crippen LogP contribution >= 0.6 is 0 Å². The van der Waals surface area contributed by atoms with E-state index in [-0.39, 0.29) is 5.91 Å². The highest BCUT2D eigenvalue weighted by molar-refractivity contribution is 6.08. The summed E-state index contributed by atoms with van der Waals surface area (Å²) < 4.78 is 0. The van der Waals surface area contributed by atoms with Crippen LogP contribution in [0.3, 0.4) is 0 Å². The number of primary amides is 1. The number of anilines is 2. The molecule has 1 atom stereocenters. The summed E-state index contributed by atoms with van der Waals surface area (Å²) in [6.07, 6.45) is 2.06. The van der Waals surface area contributed by atoms with Gasteiger partial charge >= 0.3 is 6.03 Å². The first-order chi connectivity index (χ1) is 15.8. The predicted octanol–water partition coefficient (Wildman–Crippen LogP) is 3.08. The molecule has 2 aromatic carbocycles. The molecule has 0 aliphatic carbocycles. The van der Waals surface area contributed by atoms with Crippen molar-refractivity contribution in [2.45, 2.75) is 18.9 Å². The van der Waals surface area contributed by atoms with E-state index in [2.05, 4.69) is 20.5 Å². The van der Waals surface area contributed by atoms with Crippen molar-refractivity contribution in [3.8, 4) is 0 Å². The molecule has 2 heterocycles. The number of nitrogens with zero attached hydrogens (tertiary/aromatic N) is 2. The summed E-state index contributed by atoms with van der Waals surface area (Å²) in [5.74, 6) is -0.569. The van der Waals surface area contributed by atoms with Gasteiger partial charge in [-0.15, -0.1) is 0 Å². The van der Waals surface area contributed by atoms with Crippen molar-refractivity contribution in [1.29, 1.82) is 0 Å². The van der Waals surface area contributed by atoms with E-state index in [0.717, 1.165) is 30.3 Å². The average molecular weight is 449 g/mol. The van der Waals surface area contributed by atoms with Crippen molar-refractivity contribution in [1.82, 2.24) is 14.8 Å². The van der Waals surface area contributed by atoms with E-state index >= 15 is 0 Å². The standard InChI is InChI=1S/C24H28N6O3/c1-29(2)17-5-4-12-30(14-17)23(32)21-13-18-19(27-21)6-3-7-20(18)28-24(33)26-16-10-8-15(9-11-16)22(25)31/h3,6-11,13,17,27H,4-5,12,14H2,1-2H3,(H2,25,31)(H2,26,28,33). The number of urea groups is 1. The van der Waals surface area contributed by atoms with E-state index in [4.69, 9.17) is 5.73 Å². The van der Waals surface area contributed by atoms with Gasteiger partial charge in [0.05, 0.1) is 5.69 Å². The van der Waals surface area contributed by atoms with Gasteiger partial charge in [0.25, 0.3) is 5.91 Å². The first-order valence-electron chi connectivity index (χ1n) is 10.9. The molecule has 0 spiro atoms. The fourth-order valence-corrected chi connectivity index (χ4v) is 4.11. The highest BCUT2D eigenvalue weighted by atomic mass is 16.2. The van der Waals surface area contributed by atoms with Gasteiger partial charge in [-0.05, 0) is 69.4 Å². The molecule has 0 bridgehead atoms. The first kappa shape index (κ1) is 22.3. The highest BCUT2D eigenvalue weighted by Crippen LogP contribution is 2.26. The number of fused-ring (bicyclic) bond motifs is 1. The molecule has 1 aromatic heterocycles. The largest absolute Gasteiger partial charge is 0.366 e. The molecular weight excluding hydrogens is 420 g/mol. The number of aromatic amines is 1. The van der Waals surface area contributed by atoms with Crippen LogP contribution in [-0.2, 0) is 0 Å². The number of amides is 4. The maximum absolute atomic E-state index is 13.1. The van der Waals surface area contributed by atoms with Crippen molar-refractivity contribution in [2.75, 3.05) is 37.8 Å². The third kappa shape index (κ3) is 4.98. The Balaban J connectivity index is 1.48. The number of nitrogens with one attached hydrogen (secondary N) is 3. The molecule has 1 fully saturated rings. The number of benzene rings is 2. The zero-order valence-electron chi connectivity index (χ0n) is 18.7. The smallest absolute Gasteiger partial charge is 0.323 e. The molecule has 9 heteroatoms. The Morgan fingerprint density at radius 1 is 1.09 bits per heavy atom.